The van der Waals surface area contributed by atoms with Crippen molar-refractivity contribution in [2.24, 2.45) is 11.8 Å². The molecule has 3 heterocycles. The number of piperidine rings is 1. The number of benzene rings is 1. The highest BCUT2D eigenvalue weighted by Crippen LogP contribution is 2.36. The van der Waals surface area contributed by atoms with E-state index < -0.39 is 12.1 Å². The summed E-state index contributed by atoms with van der Waals surface area (Å²) in [5, 5.41) is 12.4. The van der Waals surface area contributed by atoms with Crippen molar-refractivity contribution in [3.05, 3.63) is 53.0 Å². The van der Waals surface area contributed by atoms with E-state index in [1.54, 1.807) is 30.7 Å². The molecule has 1 fully saturated rings. The van der Waals surface area contributed by atoms with Crippen molar-refractivity contribution < 1.29 is 19.0 Å². The molecule has 0 bridgehead atoms. The van der Waals surface area contributed by atoms with E-state index in [9.17, 15) is 9.90 Å². The molecule has 0 aliphatic carbocycles. The number of hydrogen-bond donors (Lipinski definition) is 1. The fourth-order valence-electron chi connectivity index (χ4n) is 5.22. The number of carboxylic acid groups (broad SMARTS) is 1. The topological polar surface area (TPSA) is 62.7 Å². The number of thioether (sulfide) groups is 1. The summed E-state index contributed by atoms with van der Waals surface area (Å²) in [5.74, 6) is 1.27. The SMILES string of the molecule is COc1ccc2nccc([C@H](F)CC[C@@H]3CCN(CCCSc4sccc4C)C[C@@H]3CC(=O)O)c2c1. The number of hydrogen-bond acceptors (Lipinski definition) is 6. The van der Waals surface area contributed by atoms with Gasteiger partial charge < -0.3 is 14.7 Å². The minimum Gasteiger partial charge on any atom is -0.497 e. The first-order valence-corrected chi connectivity index (χ1v) is 14.5. The molecule has 1 aliphatic rings. The van der Waals surface area contributed by atoms with Crippen molar-refractivity contribution >= 4 is 40.0 Å². The van der Waals surface area contributed by atoms with E-state index in [0.717, 1.165) is 49.1 Å². The molecule has 5 nitrogen and oxygen atoms in total. The number of thiophene rings is 1. The fourth-order valence-corrected chi connectivity index (χ4v) is 7.31. The predicted molar refractivity (Wildman–Crippen MR) is 146 cm³/mol. The zero-order valence-electron chi connectivity index (χ0n) is 21.0. The lowest BCUT2D eigenvalue weighted by Crippen LogP contribution is -2.42. The predicted octanol–water partition coefficient (Wildman–Crippen LogP) is 7.00. The highest BCUT2D eigenvalue weighted by atomic mass is 32.2. The molecule has 0 amide bonds. The fraction of sp³-hybridized carbons (Fsp3) is 0.500. The van der Waals surface area contributed by atoms with Crippen LogP contribution >= 0.6 is 23.1 Å². The molecule has 0 radical (unpaired) electrons. The molecule has 3 atom stereocenters. The molecule has 3 aromatic rings. The number of halogens is 1. The van der Waals surface area contributed by atoms with Gasteiger partial charge >= 0.3 is 5.97 Å². The smallest absolute Gasteiger partial charge is 0.303 e. The summed E-state index contributed by atoms with van der Waals surface area (Å²) < 4.78 is 22.2. The standard InChI is InChI=1S/C28H35FN2O3S2/c1-19-10-15-36-28(19)35-14-3-12-31-13-9-20(21(18-31)16-27(32)33)4-6-25(29)23-8-11-30-26-7-5-22(34-2)17-24(23)26/h5,7-8,10-11,15,17,20-21,25H,3-4,6,9,12-14,16,18H2,1-2H3,(H,32,33)/t20-,21+,25-/m1/s1. The van der Waals surface area contributed by atoms with Gasteiger partial charge in [-0.25, -0.2) is 4.39 Å². The highest BCUT2D eigenvalue weighted by molar-refractivity contribution is 8.01. The minimum atomic E-state index is -1.12. The number of aryl methyl sites for hydroxylation is 1. The number of fused-ring (bicyclic) bond motifs is 1. The van der Waals surface area contributed by atoms with Gasteiger partial charge in [0.05, 0.1) is 16.8 Å². The van der Waals surface area contributed by atoms with Crippen molar-refractivity contribution in [3.63, 3.8) is 0 Å². The Balaban J connectivity index is 1.32. The molecule has 1 saturated heterocycles. The number of pyridine rings is 1. The van der Waals surface area contributed by atoms with E-state index >= 15 is 4.39 Å². The summed E-state index contributed by atoms with van der Waals surface area (Å²) in [7, 11) is 1.60. The second-order valence-corrected chi connectivity index (χ2v) is 11.9. The normalized spacial score (nSPS) is 19.4. The lowest BCUT2D eigenvalue weighted by Gasteiger charge is -2.38. The van der Waals surface area contributed by atoms with Crippen LogP contribution in [0, 0.1) is 18.8 Å². The summed E-state index contributed by atoms with van der Waals surface area (Å²) in [5.41, 5.74) is 2.72. The largest absolute Gasteiger partial charge is 0.497 e. The van der Waals surface area contributed by atoms with Crippen LogP contribution in [0.4, 0.5) is 4.39 Å². The molecular weight excluding hydrogens is 495 g/mol. The maximum absolute atomic E-state index is 15.5. The zero-order valence-corrected chi connectivity index (χ0v) is 22.6. The molecular formula is C28H35FN2O3S2. The number of alkyl halides is 1. The lowest BCUT2D eigenvalue weighted by atomic mass is 9.79. The molecule has 1 aromatic carbocycles. The average molecular weight is 531 g/mol. The number of ether oxygens (including phenoxy) is 1. The first-order chi connectivity index (χ1) is 17.4. The Labute approximate surface area is 221 Å². The maximum Gasteiger partial charge on any atom is 0.303 e. The third kappa shape index (κ3) is 6.99. The van der Waals surface area contributed by atoms with Crippen LogP contribution in [0.25, 0.3) is 10.9 Å². The quantitative estimate of drug-likeness (QED) is 0.201. The van der Waals surface area contributed by atoms with E-state index in [4.69, 9.17) is 4.74 Å². The van der Waals surface area contributed by atoms with Crippen molar-refractivity contribution in [3.8, 4) is 5.75 Å². The minimum absolute atomic E-state index is 0.0601. The van der Waals surface area contributed by atoms with Gasteiger partial charge in [0, 0.05) is 30.3 Å². The van der Waals surface area contributed by atoms with Crippen LogP contribution in [0.15, 0.2) is 46.1 Å². The van der Waals surface area contributed by atoms with Gasteiger partial charge in [0.2, 0.25) is 0 Å². The monoisotopic (exact) mass is 530 g/mol. The first-order valence-electron chi connectivity index (χ1n) is 12.6. The van der Waals surface area contributed by atoms with Gasteiger partial charge in [-0.2, -0.15) is 0 Å². The van der Waals surface area contributed by atoms with Gasteiger partial charge in [-0.15, -0.1) is 23.1 Å². The summed E-state index contributed by atoms with van der Waals surface area (Å²) in [6.45, 7) is 4.87. The number of likely N-dealkylation sites (tertiary alicyclic amines) is 1. The van der Waals surface area contributed by atoms with Crippen LogP contribution in [-0.2, 0) is 4.79 Å². The van der Waals surface area contributed by atoms with E-state index in [1.807, 2.05) is 30.0 Å². The molecule has 36 heavy (non-hydrogen) atoms. The molecule has 8 heteroatoms. The van der Waals surface area contributed by atoms with E-state index in [1.165, 1.54) is 9.77 Å². The molecule has 1 N–H and O–H groups in total. The molecule has 1 aliphatic heterocycles. The van der Waals surface area contributed by atoms with E-state index in [0.29, 0.717) is 24.2 Å². The van der Waals surface area contributed by atoms with Crippen molar-refractivity contribution in [1.82, 2.24) is 9.88 Å². The molecule has 194 valence electrons. The Morgan fingerprint density at radius 3 is 2.94 bits per heavy atom. The molecule has 4 rings (SSSR count). The highest BCUT2D eigenvalue weighted by Gasteiger charge is 2.31. The maximum atomic E-state index is 15.5. The molecule has 2 aromatic heterocycles. The Kier molecular flexibility index (Phi) is 9.62. The lowest BCUT2D eigenvalue weighted by molar-refractivity contribution is -0.139. The Morgan fingerprint density at radius 1 is 1.33 bits per heavy atom. The third-order valence-electron chi connectivity index (χ3n) is 7.19. The Morgan fingerprint density at radius 2 is 2.19 bits per heavy atom. The van der Waals surface area contributed by atoms with E-state index in [2.05, 4.69) is 28.3 Å². The van der Waals surface area contributed by atoms with Crippen LogP contribution in [0.1, 0.15) is 49.4 Å². The summed E-state index contributed by atoms with van der Waals surface area (Å²) in [6, 6.07) is 9.43. The van der Waals surface area contributed by atoms with Crippen LogP contribution in [0.5, 0.6) is 5.75 Å². The van der Waals surface area contributed by atoms with Gasteiger partial charge in [-0.1, -0.05) is 0 Å². The second kappa shape index (κ2) is 12.9. The van der Waals surface area contributed by atoms with Crippen LogP contribution in [0.2, 0.25) is 0 Å². The number of aromatic nitrogens is 1. The Hall–Kier alpha value is -2.16. The van der Waals surface area contributed by atoms with Gasteiger partial charge in [0.25, 0.3) is 0 Å². The Bertz CT molecular complexity index is 1150. The van der Waals surface area contributed by atoms with Crippen molar-refractivity contribution in [2.45, 2.75) is 49.4 Å². The number of rotatable bonds is 12. The second-order valence-electron chi connectivity index (χ2n) is 9.63. The number of carboxylic acids is 1. The summed E-state index contributed by atoms with van der Waals surface area (Å²) >= 11 is 3.71. The average Bonchev–Trinajstić information content (AvgIpc) is 3.29. The third-order valence-corrected chi connectivity index (χ3v) is 9.72. The van der Waals surface area contributed by atoms with Gasteiger partial charge in [-0.3, -0.25) is 9.78 Å². The zero-order chi connectivity index (χ0) is 25.5. The van der Waals surface area contributed by atoms with Crippen molar-refractivity contribution in [2.75, 3.05) is 32.5 Å². The molecule has 0 unspecified atom stereocenters. The van der Waals surface area contributed by atoms with Crippen LogP contribution < -0.4 is 4.74 Å². The van der Waals surface area contributed by atoms with Crippen molar-refractivity contribution in [1.29, 1.82) is 0 Å². The summed E-state index contributed by atoms with van der Waals surface area (Å²) in [4.78, 5) is 18.4. The van der Waals surface area contributed by atoms with Gasteiger partial charge in [0.15, 0.2) is 0 Å². The molecule has 0 spiro atoms. The van der Waals surface area contributed by atoms with Gasteiger partial charge in [0.1, 0.15) is 11.9 Å². The number of methoxy groups -OCH3 is 1. The van der Waals surface area contributed by atoms with Crippen LogP contribution in [-0.4, -0.2) is 53.5 Å². The van der Waals surface area contributed by atoms with E-state index in [-0.39, 0.29) is 18.3 Å². The summed E-state index contributed by atoms with van der Waals surface area (Å²) in [6.07, 6.45) is 3.76. The number of aliphatic carboxylic acids is 1. The van der Waals surface area contributed by atoms with Gasteiger partial charge in [-0.05, 0) is 104 Å². The number of nitrogens with zero attached hydrogens (tertiary/aromatic N) is 2. The van der Waals surface area contributed by atoms with Crippen LogP contribution in [0.3, 0.4) is 0 Å². The molecule has 0 saturated carbocycles. The number of carbonyl (C=O) groups is 1. The first kappa shape index (κ1) is 26.9.